The van der Waals surface area contributed by atoms with E-state index in [4.69, 9.17) is 18.5 Å². The quantitative estimate of drug-likeness (QED) is 0.0195. The molecule has 0 aromatic heterocycles. The van der Waals surface area contributed by atoms with Crippen molar-refractivity contribution in [1.82, 2.24) is 0 Å². The molecule has 9 nitrogen and oxygen atoms in total. The zero-order valence-electron chi connectivity index (χ0n) is 62.1. The summed E-state index contributed by atoms with van der Waals surface area (Å²) in [5.74, 6) is -0.819. The molecule has 2 atom stereocenters. The molecule has 2 unspecified atom stereocenters. The van der Waals surface area contributed by atoms with Crippen LogP contribution >= 0.6 is 7.82 Å². The molecule has 0 saturated carbocycles. The van der Waals surface area contributed by atoms with Crippen molar-refractivity contribution in [2.75, 3.05) is 47.5 Å². The summed E-state index contributed by atoms with van der Waals surface area (Å²) in [6.07, 6.45) is 105. The van der Waals surface area contributed by atoms with Gasteiger partial charge in [0.25, 0.3) is 7.82 Å². The fourth-order valence-corrected chi connectivity index (χ4v) is 12.1. The summed E-state index contributed by atoms with van der Waals surface area (Å²) in [6.45, 7) is 4.06. The molecular weight excluding hydrogens is 1180 g/mol. The van der Waals surface area contributed by atoms with Crippen molar-refractivity contribution in [2.24, 2.45) is 0 Å². The summed E-state index contributed by atoms with van der Waals surface area (Å²) >= 11 is 0. The number of allylic oxidation sites excluding steroid dienone is 18. The molecule has 0 saturated heterocycles. The Morgan fingerprint density at radius 2 is 0.574 bits per heavy atom. The Bertz CT molecular complexity index is 1960. The van der Waals surface area contributed by atoms with Crippen LogP contribution in [0, 0.1) is 0 Å². The predicted molar refractivity (Wildman–Crippen MR) is 406 cm³/mol. The topological polar surface area (TPSA) is 111 Å². The highest BCUT2D eigenvalue weighted by molar-refractivity contribution is 7.45. The average Bonchev–Trinajstić information content (AvgIpc) is 1.66. The van der Waals surface area contributed by atoms with Crippen molar-refractivity contribution in [3.05, 3.63) is 109 Å². The van der Waals surface area contributed by atoms with Gasteiger partial charge in [-0.3, -0.25) is 14.2 Å². The van der Waals surface area contributed by atoms with Gasteiger partial charge in [0.1, 0.15) is 19.8 Å². The molecule has 94 heavy (non-hydrogen) atoms. The van der Waals surface area contributed by atoms with Gasteiger partial charge < -0.3 is 27.9 Å². The number of likely N-dealkylation sites (N-methyl/N-ethyl adjacent to an activating group) is 1. The lowest BCUT2D eigenvalue weighted by Crippen LogP contribution is -2.37. The third kappa shape index (κ3) is 77.7. The Balaban J connectivity index is 3.92. The van der Waals surface area contributed by atoms with E-state index in [0.717, 1.165) is 96.3 Å². The van der Waals surface area contributed by atoms with Crippen molar-refractivity contribution < 1.29 is 42.1 Å². The molecule has 0 heterocycles. The normalized spacial score (nSPS) is 13.6. The standard InChI is InChI=1S/C84H150NO8P/c1-6-8-10-12-14-16-18-20-22-24-26-28-30-32-34-36-38-39-40-41-42-43-44-45-47-48-50-52-54-56-58-60-62-64-66-68-70-72-74-76-83(86)90-80-82(81-92-94(88,89)91-79-78-85(3,4)5)93-84(87)77-75-73-71-69-67-65-63-61-59-57-55-53-51-49-46-37-35-33-31-29-27-25-23-21-19-17-15-13-11-9-7-2/h8-11,14-17,20-23,26-29,33,35,82H,6-7,12-13,18-19,24-25,30-32,34,36-81H2,1-5H3/b10-8-,11-9-,16-14-,17-15-,22-20-,23-21-,28-26-,29-27-,35-33-. The molecule has 0 rings (SSSR count). The maximum atomic E-state index is 12.9. The molecule has 0 radical (unpaired) electrons. The van der Waals surface area contributed by atoms with E-state index in [1.54, 1.807) is 0 Å². The monoisotopic (exact) mass is 1330 g/mol. The highest BCUT2D eigenvalue weighted by Gasteiger charge is 2.22. The molecule has 0 aliphatic carbocycles. The van der Waals surface area contributed by atoms with Gasteiger partial charge in [-0.2, -0.15) is 0 Å². The zero-order chi connectivity index (χ0) is 68.3. The van der Waals surface area contributed by atoms with Gasteiger partial charge >= 0.3 is 11.9 Å². The van der Waals surface area contributed by atoms with Crippen molar-refractivity contribution in [3.8, 4) is 0 Å². The molecule has 0 aliphatic rings. The predicted octanol–water partition coefficient (Wildman–Crippen LogP) is 25.8. The molecule has 0 aromatic rings. The lowest BCUT2D eigenvalue weighted by molar-refractivity contribution is -0.870. The van der Waals surface area contributed by atoms with Gasteiger partial charge in [0.15, 0.2) is 6.10 Å². The number of quaternary nitrogens is 1. The van der Waals surface area contributed by atoms with Crippen molar-refractivity contribution in [3.63, 3.8) is 0 Å². The van der Waals surface area contributed by atoms with E-state index in [0.29, 0.717) is 17.4 Å². The maximum absolute atomic E-state index is 12.9. The van der Waals surface area contributed by atoms with Crippen molar-refractivity contribution in [2.45, 2.75) is 367 Å². The molecule has 0 N–H and O–H groups in total. The van der Waals surface area contributed by atoms with Crippen molar-refractivity contribution >= 4 is 19.8 Å². The SMILES string of the molecule is CC/C=C\C/C=C\C/C=C\C/C=C\C/C=C\CCCCCCCCCCCCCCCCCC(=O)OC(COC(=O)CCCCCCCCCCCCCCCCCCCCCCCCCCCC/C=C\C/C=C\C/C=C\C/C=C\CC)COP(=O)([O-])OCC[N+](C)(C)C. The van der Waals surface area contributed by atoms with Crippen molar-refractivity contribution in [1.29, 1.82) is 0 Å². The number of esters is 2. The van der Waals surface area contributed by atoms with Gasteiger partial charge in [0.2, 0.25) is 0 Å². The van der Waals surface area contributed by atoms with Gasteiger partial charge in [-0.1, -0.05) is 361 Å². The van der Waals surface area contributed by atoms with Gasteiger partial charge in [-0.05, 0) is 96.3 Å². The summed E-state index contributed by atoms with van der Waals surface area (Å²) in [7, 11) is 1.18. The molecule has 544 valence electrons. The first-order valence-corrected chi connectivity index (χ1v) is 41.1. The summed E-state index contributed by atoms with van der Waals surface area (Å²) in [6, 6.07) is 0. The number of phosphoric ester groups is 1. The van der Waals surface area contributed by atoms with E-state index in [2.05, 4.69) is 123 Å². The van der Waals surface area contributed by atoms with E-state index >= 15 is 0 Å². The first-order chi connectivity index (χ1) is 46.0. The van der Waals surface area contributed by atoms with Gasteiger partial charge in [-0.25, -0.2) is 0 Å². The average molecular weight is 1330 g/mol. The summed E-state index contributed by atoms with van der Waals surface area (Å²) < 4.78 is 34.4. The number of unbranched alkanes of at least 4 members (excludes halogenated alkanes) is 41. The molecule has 10 heteroatoms. The maximum Gasteiger partial charge on any atom is 0.306 e. The first-order valence-electron chi connectivity index (χ1n) is 39.6. The number of rotatable bonds is 73. The first kappa shape index (κ1) is 90.7. The van der Waals surface area contributed by atoms with Gasteiger partial charge in [0.05, 0.1) is 27.7 Å². The van der Waals surface area contributed by atoms with Crippen LogP contribution in [0.1, 0.15) is 361 Å². The van der Waals surface area contributed by atoms with Gasteiger partial charge in [0, 0.05) is 12.8 Å². The van der Waals surface area contributed by atoms with E-state index < -0.39 is 26.5 Å². The Kier molecular flexibility index (Phi) is 71.3. The molecule has 0 bridgehead atoms. The second-order valence-corrected chi connectivity index (χ2v) is 29.1. The van der Waals surface area contributed by atoms with E-state index in [1.165, 1.54) is 231 Å². The Hall–Kier alpha value is -3.33. The number of nitrogens with zero attached hydrogens (tertiary/aromatic N) is 1. The number of hydrogen-bond acceptors (Lipinski definition) is 8. The molecule has 0 spiro atoms. The fraction of sp³-hybridized carbons (Fsp3) is 0.762. The number of carbonyl (C=O) groups is 2. The Morgan fingerprint density at radius 1 is 0.330 bits per heavy atom. The summed E-state index contributed by atoms with van der Waals surface area (Å²) in [5, 5.41) is 0. The van der Waals surface area contributed by atoms with E-state index in [1.807, 2.05) is 21.1 Å². The minimum atomic E-state index is -4.65. The Morgan fingerprint density at radius 3 is 0.851 bits per heavy atom. The molecule has 0 amide bonds. The summed E-state index contributed by atoms with van der Waals surface area (Å²) in [5.41, 5.74) is 0. The molecular formula is C84H150NO8P. The highest BCUT2D eigenvalue weighted by atomic mass is 31.2. The van der Waals surface area contributed by atoms with Crippen LogP contribution in [0.5, 0.6) is 0 Å². The van der Waals surface area contributed by atoms with Crippen LogP contribution in [-0.2, 0) is 32.7 Å². The van der Waals surface area contributed by atoms with Crippen LogP contribution in [0.2, 0.25) is 0 Å². The number of hydrogen-bond donors (Lipinski definition) is 0. The smallest absolute Gasteiger partial charge is 0.306 e. The van der Waals surface area contributed by atoms with Crippen LogP contribution in [0.15, 0.2) is 109 Å². The largest absolute Gasteiger partial charge is 0.756 e. The second-order valence-electron chi connectivity index (χ2n) is 27.7. The van der Waals surface area contributed by atoms with Crippen LogP contribution in [0.25, 0.3) is 0 Å². The lowest BCUT2D eigenvalue weighted by Gasteiger charge is -2.28. The minimum absolute atomic E-state index is 0.0318. The van der Waals surface area contributed by atoms with Gasteiger partial charge in [-0.15, -0.1) is 0 Å². The minimum Gasteiger partial charge on any atom is -0.756 e. The fourth-order valence-electron chi connectivity index (χ4n) is 11.3. The van der Waals surface area contributed by atoms with Crippen LogP contribution < -0.4 is 4.89 Å². The van der Waals surface area contributed by atoms with E-state index in [9.17, 15) is 19.0 Å². The summed E-state index contributed by atoms with van der Waals surface area (Å²) in [4.78, 5) is 38.2. The highest BCUT2D eigenvalue weighted by Crippen LogP contribution is 2.38. The number of phosphoric acid groups is 1. The molecule has 0 aliphatic heterocycles. The number of ether oxygens (including phenoxy) is 2. The van der Waals surface area contributed by atoms with Crippen LogP contribution in [-0.4, -0.2) is 70.0 Å². The third-order valence-electron chi connectivity index (χ3n) is 17.3. The number of carbonyl (C=O) groups excluding carboxylic acids is 2. The van der Waals surface area contributed by atoms with E-state index in [-0.39, 0.29) is 32.0 Å². The second kappa shape index (κ2) is 73.9. The van der Waals surface area contributed by atoms with Crippen LogP contribution in [0.4, 0.5) is 0 Å². The Labute approximate surface area is 582 Å². The zero-order valence-corrected chi connectivity index (χ0v) is 63.0. The lowest BCUT2D eigenvalue weighted by atomic mass is 10.0. The molecule has 0 aromatic carbocycles. The molecule has 0 fully saturated rings. The van der Waals surface area contributed by atoms with Crippen LogP contribution in [0.3, 0.4) is 0 Å². The third-order valence-corrected chi connectivity index (χ3v) is 18.3.